The second kappa shape index (κ2) is 8.45. The summed E-state index contributed by atoms with van der Waals surface area (Å²) in [6.45, 7) is 1.72. The number of thiophene rings is 1. The van der Waals surface area contributed by atoms with Gasteiger partial charge in [-0.05, 0) is 55.9 Å². The molecule has 1 saturated heterocycles. The molecule has 29 heavy (non-hydrogen) atoms. The number of nitrogens with zero attached hydrogens (tertiary/aromatic N) is 1. The summed E-state index contributed by atoms with van der Waals surface area (Å²) in [5, 5.41) is 3.00. The second-order valence-corrected chi connectivity index (χ2v) is 8.69. The molecule has 1 fully saturated rings. The number of benzene rings is 1. The molecule has 0 bridgehead atoms. The number of anilines is 1. The van der Waals surface area contributed by atoms with Gasteiger partial charge >= 0.3 is 0 Å². The van der Waals surface area contributed by atoms with Gasteiger partial charge in [-0.15, -0.1) is 11.3 Å². The summed E-state index contributed by atoms with van der Waals surface area (Å²) in [5.41, 5.74) is 1.84. The van der Waals surface area contributed by atoms with Crippen molar-refractivity contribution in [3.63, 3.8) is 0 Å². The van der Waals surface area contributed by atoms with Crippen molar-refractivity contribution in [3.8, 4) is 11.5 Å². The number of carbonyl (C=O) groups is 2. The van der Waals surface area contributed by atoms with Crippen LogP contribution in [0.15, 0.2) is 24.3 Å². The molecule has 2 amide bonds. The summed E-state index contributed by atoms with van der Waals surface area (Å²) in [5.74, 6) is 1.26. The number of nitrogens with one attached hydrogen (secondary N) is 1. The molecule has 0 saturated carbocycles. The van der Waals surface area contributed by atoms with Gasteiger partial charge in [-0.25, -0.2) is 0 Å². The number of hydrogen-bond donors (Lipinski definition) is 1. The maximum Gasteiger partial charge on any atom is 0.263 e. The molecule has 0 unspecified atom stereocenters. The van der Waals surface area contributed by atoms with Gasteiger partial charge in [0.05, 0.1) is 19.1 Å². The molecule has 6 nitrogen and oxygen atoms in total. The molecule has 154 valence electrons. The first kappa shape index (κ1) is 19.8. The quantitative estimate of drug-likeness (QED) is 0.809. The lowest BCUT2D eigenvalue weighted by molar-refractivity contribution is -0.120. The van der Waals surface area contributed by atoms with E-state index < -0.39 is 0 Å². The average molecular weight is 415 g/mol. The lowest BCUT2D eigenvalue weighted by atomic mass is 9.87. The van der Waals surface area contributed by atoms with Gasteiger partial charge in [0.2, 0.25) is 5.91 Å². The van der Waals surface area contributed by atoms with E-state index in [4.69, 9.17) is 9.47 Å². The minimum absolute atomic E-state index is 0.00138. The molecule has 1 aliphatic carbocycles. The fourth-order valence-corrected chi connectivity index (χ4v) is 5.26. The van der Waals surface area contributed by atoms with Gasteiger partial charge in [0.1, 0.15) is 0 Å². The molecular formula is C22H26N2O4S. The topological polar surface area (TPSA) is 67.9 Å². The van der Waals surface area contributed by atoms with Gasteiger partial charge < -0.3 is 19.7 Å². The lowest BCUT2D eigenvalue weighted by Crippen LogP contribution is -2.27. The van der Waals surface area contributed by atoms with Gasteiger partial charge in [-0.2, -0.15) is 0 Å². The smallest absolute Gasteiger partial charge is 0.263 e. The summed E-state index contributed by atoms with van der Waals surface area (Å²) in [6.07, 6.45) is 4.50. The first-order valence-electron chi connectivity index (χ1n) is 10.0. The maximum atomic E-state index is 12.8. The molecule has 1 N–H and O–H groups in total. The first-order valence-corrected chi connectivity index (χ1v) is 10.8. The van der Waals surface area contributed by atoms with Crippen LogP contribution >= 0.6 is 11.3 Å². The first-order chi connectivity index (χ1) is 14.1. The van der Waals surface area contributed by atoms with Gasteiger partial charge in [0.25, 0.3) is 5.91 Å². The van der Waals surface area contributed by atoms with Crippen molar-refractivity contribution in [3.05, 3.63) is 39.6 Å². The van der Waals surface area contributed by atoms with Crippen molar-refractivity contribution in [2.45, 2.75) is 32.1 Å². The molecule has 2 heterocycles. The van der Waals surface area contributed by atoms with E-state index in [0.717, 1.165) is 49.2 Å². The number of carbonyl (C=O) groups excluding carboxylic acids is 2. The molecule has 1 aromatic heterocycles. The van der Waals surface area contributed by atoms with Gasteiger partial charge in [0.15, 0.2) is 11.5 Å². The van der Waals surface area contributed by atoms with Crippen LogP contribution in [0, 0.1) is 5.92 Å². The fourth-order valence-electron chi connectivity index (χ4n) is 4.09. The van der Waals surface area contributed by atoms with Crippen LogP contribution in [0.2, 0.25) is 0 Å². The highest BCUT2D eigenvalue weighted by Crippen LogP contribution is 2.35. The van der Waals surface area contributed by atoms with E-state index in [0.29, 0.717) is 23.6 Å². The van der Waals surface area contributed by atoms with Crippen LogP contribution in [0.5, 0.6) is 11.5 Å². The zero-order valence-electron chi connectivity index (χ0n) is 16.8. The Morgan fingerprint density at radius 3 is 2.59 bits per heavy atom. The van der Waals surface area contributed by atoms with Gasteiger partial charge in [-0.3, -0.25) is 9.59 Å². The largest absolute Gasteiger partial charge is 0.493 e. The normalized spacial score (nSPS) is 18.3. The van der Waals surface area contributed by atoms with Crippen LogP contribution in [-0.2, 0) is 17.6 Å². The Bertz CT molecular complexity index is 918. The van der Waals surface area contributed by atoms with E-state index in [2.05, 4.69) is 5.32 Å². The second-order valence-electron chi connectivity index (χ2n) is 7.56. The van der Waals surface area contributed by atoms with Crippen molar-refractivity contribution < 1.29 is 19.1 Å². The predicted molar refractivity (Wildman–Crippen MR) is 113 cm³/mol. The Morgan fingerprint density at radius 1 is 1.10 bits per heavy atom. The monoisotopic (exact) mass is 414 g/mol. The van der Waals surface area contributed by atoms with Crippen LogP contribution < -0.4 is 14.8 Å². The number of ether oxygens (including phenoxy) is 2. The Hall–Kier alpha value is -2.54. The number of amides is 2. The Kier molecular flexibility index (Phi) is 5.76. The molecule has 1 aliphatic heterocycles. The summed E-state index contributed by atoms with van der Waals surface area (Å²) in [4.78, 5) is 29.5. The molecule has 2 aromatic rings. The highest BCUT2D eigenvalue weighted by atomic mass is 32.1. The third-order valence-electron chi connectivity index (χ3n) is 5.71. The molecule has 7 heteroatoms. The van der Waals surface area contributed by atoms with Crippen molar-refractivity contribution in [2.24, 2.45) is 5.92 Å². The van der Waals surface area contributed by atoms with E-state index in [1.807, 2.05) is 17.0 Å². The minimum atomic E-state index is -0.0973. The van der Waals surface area contributed by atoms with E-state index >= 15 is 0 Å². The highest BCUT2D eigenvalue weighted by Gasteiger charge is 2.29. The third kappa shape index (κ3) is 4.10. The average Bonchev–Trinajstić information content (AvgIpc) is 3.42. The summed E-state index contributed by atoms with van der Waals surface area (Å²) < 4.78 is 10.5. The zero-order chi connectivity index (χ0) is 20.4. The zero-order valence-corrected chi connectivity index (χ0v) is 17.6. The molecule has 1 atom stereocenters. The van der Waals surface area contributed by atoms with E-state index in [-0.39, 0.29) is 17.7 Å². The summed E-state index contributed by atoms with van der Waals surface area (Å²) in [6, 6.07) is 7.37. The number of aryl methyl sites for hydroxylation is 1. The van der Waals surface area contributed by atoms with E-state index in [9.17, 15) is 9.59 Å². The number of hydrogen-bond acceptors (Lipinski definition) is 5. The fraction of sp³-hybridized carbons (Fsp3) is 0.455. The van der Waals surface area contributed by atoms with E-state index in [1.165, 1.54) is 4.88 Å². The van der Waals surface area contributed by atoms with Crippen LogP contribution in [0.4, 0.5) is 5.69 Å². The SMILES string of the molecule is COc1ccc(NC(=O)[C@H]2CCc3sc(C(=O)N4CCCC4)cc3C2)cc1OC. The molecule has 0 spiro atoms. The Morgan fingerprint density at radius 2 is 1.86 bits per heavy atom. The van der Waals surface area contributed by atoms with Gasteiger partial charge in [0, 0.05) is 35.6 Å². The predicted octanol–water partition coefficient (Wildman–Crippen LogP) is 3.74. The van der Waals surface area contributed by atoms with Crippen LogP contribution in [0.3, 0.4) is 0 Å². The molecule has 2 aliphatic rings. The van der Waals surface area contributed by atoms with Crippen molar-refractivity contribution in [1.29, 1.82) is 0 Å². The lowest BCUT2D eigenvalue weighted by Gasteiger charge is -2.21. The van der Waals surface area contributed by atoms with Crippen LogP contribution in [-0.4, -0.2) is 44.0 Å². The van der Waals surface area contributed by atoms with Crippen molar-refractivity contribution >= 4 is 28.8 Å². The Labute approximate surface area is 174 Å². The minimum Gasteiger partial charge on any atom is -0.493 e. The van der Waals surface area contributed by atoms with Gasteiger partial charge in [-0.1, -0.05) is 0 Å². The molecule has 0 radical (unpaired) electrons. The van der Waals surface area contributed by atoms with Crippen LogP contribution in [0.1, 0.15) is 39.4 Å². The summed E-state index contributed by atoms with van der Waals surface area (Å²) >= 11 is 1.60. The number of likely N-dealkylation sites (tertiary alicyclic amines) is 1. The van der Waals surface area contributed by atoms with Crippen molar-refractivity contribution in [2.75, 3.05) is 32.6 Å². The number of rotatable bonds is 5. The number of methoxy groups -OCH3 is 2. The van der Waals surface area contributed by atoms with E-state index in [1.54, 1.807) is 37.7 Å². The standard InChI is InChI=1S/C22H26N2O4S/c1-27-17-7-6-16(13-18(17)28-2)23-21(25)14-5-8-19-15(11-14)12-20(29-19)22(26)24-9-3-4-10-24/h6-7,12-14H,3-5,8-11H2,1-2H3,(H,23,25)/t14-/m0/s1. The number of fused-ring (bicyclic) bond motifs is 1. The molecule has 1 aromatic carbocycles. The highest BCUT2D eigenvalue weighted by molar-refractivity contribution is 7.14. The molecular weight excluding hydrogens is 388 g/mol. The summed E-state index contributed by atoms with van der Waals surface area (Å²) in [7, 11) is 3.16. The third-order valence-corrected chi connectivity index (χ3v) is 6.93. The Balaban J connectivity index is 1.43. The molecule has 4 rings (SSSR count). The van der Waals surface area contributed by atoms with Crippen molar-refractivity contribution in [1.82, 2.24) is 4.90 Å². The maximum absolute atomic E-state index is 12.8. The van der Waals surface area contributed by atoms with Crippen LogP contribution in [0.25, 0.3) is 0 Å².